The van der Waals surface area contributed by atoms with Crippen LogP contribution in [0.25, 0.3) is 0 Å². The van der Waals surface area contributed by atoms with Crippen molar-refractivity contribution in [3.05, 3.63) is 12.8 Å². The van der Waals surface area contributed by atoms with Gasteiger partial charge in [-0.3, -0.25) is 0 Å². The van der Waals surface area contributed by atoms with Crippen molar-refractivity contribution in [3.8, 4) is 0 Å². The summed E-state index contributed by atoms with van der Waals surface area (Å²) in [5.74, 6) is 0. The molecule has 0 aromatic rings. The molecule has 0 rings (SSSR count). The van der Waals surface area contributed by atoms with Gasteiger partial charge in [-0.1, -0.05) is 27.4 Å². The molecule has 0 unspecified atom stereocenters. The van der Waals surface area contributed by atoms with E-state index in [1.807, 2.05) is 0 Å². The van der Waals surface area contributed by atoms with Crippen LogP contribution >= 0.6 is 0 Å². The van der Waals surface area contributed by atoms with Gasteiger partial charge >= 0.3 is 0 Å². The van der Waals surface area contributed by atoms with Crippen LogP contribution < -0.4 is 0 Å². The van der Waals surface area contributed by atoms with Crippen molar-refractivity contribution in [1.82, 2.24) is 0 Å². The average molecular weight is 216 g/mol. The summed E-state index contributed by atoms with van der Waals surface area (Å²) in [4.78, 5) is 0. The molecule has 0 aliphatic rings. The highest BCUT2D eigenvalue weighted by atomic mass is 28.4. The monoisotopic (exact) mass is 216 g/mol. The number of ether oxygens (including phenoxy) is 1. The van der Waals surface area contributed by atoms with E-state index in [0.29, 0.717) is 11.6 Å². The summed E-state index contributed by atoms with van der Waals surface area (Å²) in [6.07, 6.45) is 2.42. The Labute approximate surface area is 89.4 Å². The first-order chi connectivity index (χ1) is 6.31. The smallest absolute Gasteiger partial charge is 0.191 e. The normalized spacial score (nSPS) is 12.6. The zero-order chi connectivity index (χ0) is 11.2. The van der Waals surface area contributed by atoms with Gasteiger partial charge in [0.25, 0.3) is 0 Å². The molecule has 3 heteroatoms. The zero-order valence-corrected chi connectivity index (χ0v) is 11.2. The molecule has 0 aromatic carbocycles. The van der Waals surface area contributed by atoms with Crippen LogP contribution in [-0.4, -0.2) is 21.5 Å². The van der Waals surface area contributed by atoms with Crippen molar-refractivity contribution in [2.24, 2.45) is 0 Å². The molecule has 0 aliphatic heterocycles. The van der Waals surface area contributed by atoms with E-state index in [1.165, 1.54) is 6.26 Å². The fourth-order valence-electron chi connectivity index (χ4n) is 0.769. The first kappa shape index (κ1) is 13.7. The van der Waals surface area contributed by atoms with Crippen LogP contribution in [0.1, 0.15) is 27.2 Å². The molecule has 0 bridgehead atoms. The van der Waals surface area contributed by atoms with Gasteiger partial charge in [0.05, 0.1) is 12.9 Å². The van der Waals surface area contributed by atoms with E-state index >= 15 is 0 Å². The summed E-state index contributed by atoms with van der Waals surface area (Å²) in [6, 6.07) is 0. The molecule has 0 spiro atoms. The minimum absolute atomic E-state index is 0.298. The number of hydrogen-bond acceptors (Lipinski definition) is 2. The second-order valence-corrected chi connectivity index (χ2v) is 9.81. The third-order valence-corrected chi connectivity index (χ3v) is 7.33. The number of rotatable bonds is 6. The van der Waals surface area contributed by atoms with Crippen molar-refractivity contribution in [2.45, 2.75) is 45.3 Å². The summed E-state index contributed by atoms with van der Waals surface area (Å²) in [5, 5.41) is 0.298. The highest BCUT2D eigenvalue weighted by molar-refractivity contribution is 6.74. The molecule has 0 N–H and O–H groups in total. The van der Waals surface area contributed by atoms with Crippen LogP contribution in [0.4, 0.5) is 0 Å². The summed E-state index contributed by atoms with van der Waals surface area (Å²) in [6.45, 7) is 16.3. The van der Waals surface area contributed by atoms with E-state index in [4.69, 9.17) is 9.16 Å². The maximum absolute atomic E-state index is 5.97. The maximum Gasteiger partial charge on any atom is 0.191 e. The van der Waals surface area contributed by atoms with Gasteiger partial charge in [0.15, 0.2) is 8.32 Å². The van der Waals surface area contributed by atoms with Crippen molar-refractivity contribution in [1.29, 1.82) is 0 Å². The summed E-state index contributed by atoms with van der Waals surface area (Å²) < 4.78 is 11.0. The zero-order valence-electron chi connectivity index (χ0n) is 10.2. The molecule has 0 fully saturated rings. The lowest BCUT2D eigenvalue weighted by Crippen LogP contribution is -2.41. The first-order valence-electron chi connectivity index (χ1n) is 5.18. The Bertz CT molecular complexity index is 171. The van der Waals surface area contributed by atoms with Gasteiger partial charge in [-0.15, -0.1) is 0 Å². The Morgan fingerprint density at radius 2 is 1.79 bits per heavy atom. The summed E-state index contributed by atoms with van der Waals surface area (Å²) in [7, 11) is -1.55. The Balaban J connectivity index is 3.72. The lowest BCUT2D eigenvalue weighted by Gasteiger charge is -2.36. The van der Waals surface area contributed by atoms with Gasteiger partial charge in [0, 0.05) is 13.0 Å². The molecule has 0 aliphatic carbocycles. The van der Waals surface area contributed by atoms with E-state index in [-0.39, 0.29) is 0 Å². The molecule has 14 heavy (non-hydrogen) atoms. The average Bonchev–Trinajstić information content (AvgIpc) is 2.02. The maximum atomic E-state index is 5.97. The molecular formula is C11H24O2Si. The minimum atomic E-state index is -1.55. The van der Waals surface area contributed by atoms with E-state index < -0.39 is 8.32 Å². The fraction of sp³-hybridized carbons (Fsp3) is 0.818. The van der Waals surface area contributed by atoms with Crippen LogP contribution in [0, 0.1) is 0 Å². The van der Waals surface area contributed by atoms with Gasteiger partial charge in [0.1, 0.15) is 0 Å². The number of hydrogen-bond donors (Lipinski definition) is 0. The molecule has 2 nitrogen and oxygen atoms in total. The van der Waals surface area contributed by atoms with E-state index in [2.05, 4.69) is 40.4 Å². The molecule has 84 valence electrons. The van der Waals surface area contributed by atoms with Crippen molar-refractivity contribution in [3.63, 3.8) is 0 Å². The first-order valence-corrected chi connectivity index (χ1v) is 8.08. The molecule has 0 amide bonds. The standard InChI is InChI=1S/C11H24O2Si/c1-7-12-9-8-10-13-14(5,6)11(2,3)4/h7H,1,8-10H2,2-6H3. The molecule has 0 radical (unpaired) electrons. The van der Waals surface area contributed by atoms with Crippen LogP contribution in [0.2, 0.25) is 18.1 Å². The third kappa shape index (κ3) is 4.82. The molecule has 0 atom stereocenters. The van der Waals surface area contributed by atoms with E-state index in [9.17, 15) is 0 Å². The van der Waals surface area contributed by atoms with E-state index in [0.717, 1.165) is 13.0 Å². The lowest BCUT2D eigenvalue weighted by molar-refractivity contribution is 0.201. The summed E-state index contributed by atoms with van der Waals surface area (Å²) >= 11 is 0. The molecule has 0 saturated carbocycles. The Kier molecular flexibility index (Phi) is 5.45. The molecule has 0 heterocycles. The van der Waals surface area contributed by atoms with Gasteiger partial charge in [-0.05, 0) is 18.1 Å². The van der Waals surface area contributed by atoms with Crippen LogP contribution in [0.3, 0.4) is 0 Å². The van der Waals surface area contributed by atoms with E-state index in [1.54, 1.807) is 0 Å². The van der Waals surface area contributed by atoms with Crippen molar-refractivity contribution in [2.75, 3.05) is 13.2 Å². The Morgan fingerprint density at radius 3 is 2.21 bits per heavy atom. The molecule has 0 aromatic heterocycles. The molecule has 0 saturated heterocycles. The largest absolute Gasteiger partial charge is 0.502 e. The summed E-state index contributed by atoms with van der Waals surface area (Å²) in [5.41, 5.74) is 0. The molecular weight excluding hydrogens is 192 g/mol. The van der Waals surface area contributed by atoms with Gasteiger partial charge in [-0.25, -0.2) is 0 Å². The second kappa shape index (κ2) is 5.56. The predicted molar refractivity (Wildman–Crippen MR) is 63.9 cm³/mol. The Hall–Kier alpha value is -0.283. The van der Waals surface area contributed by atoms with Crippen LogP contribution in [-0.2, 0) is 9.16 Å². The second-order valence-electron chi connectivity index (χ2n) is 5.00. The predicted octanol–water partition coefficient (Wildman–Crippen LogP) is 3.56. The Morgan fingerprint density at radius 1 is 1.21 bits per heavy atom. The highest BCUT2D eigenvalue weighted by Crippen LogP contribution is 2.36. The fourth-order valence-corrected chi connectivity index (χ4v) is 1.86. The highest BCUT2D eigenvalue weighted by Gasteiger charge is 2.36. The lowest BCUT2D eigenvalue weighted by atomic mass is 10.2. The SMILES string of the molecule is C=COCCCO[Si](C)(C)C(C)(C)C. The van der Waals surface area contributed by atoms with Crippen molar-refractivity contribution >= 4 is 8.32 Å². The van der Waals surface area contributed by atoms with Gasteiger partial charge in [-0.2, -0.15) is 0 Å². The van der Waals surface area contributed by atoms with Crippen LogP contribution in [0.15, 0.2) is 12.8 Å². The van der Waals surface area contributed by atoms with Crippen molar-refractivity contribution < 1.29 is 9.16 Å². The minimum Gasteiger partial charge on any atom is -0.502 e. The van der Waals surface area contributed by atoms with Gasteiger partial charge < -0.3 is 9.16 Å². The quantitative estimate of drug-likeness (QED) is 0.384. The van der Waals surface area contributed by atoms with Gasteiger partial charge in [0.2, 0.25) is 0 Å². The van der Waals surface area contributed by atoms with Crippen LogP contribution in [0.5, 0.6) is 0 Å². The third-order valence-electron chi connectivity index (χ3n) is 2.79. The topological polar surface area (TPSA) is 18.5 Å².